The molecule has 1 N–H and O–H groups in total. The van der Waals surface area contributed by atoms with Crippen molar-refractivity contribution in [2.24, 2.45) is 0 Å². The van der Waals surface area contributed by atoms with Gasteiger partial charge in [0.2, 0.25) is 11.5 Å². The van der Waals surface area contributed by atoms with Gasteiger partial charge in [-0.25, -0.2) is 16.8 Å². The molecule has 13 heteroatoms. The van der Waals surface area contributed by atoms with Crippen LogP contribution in [-0.4, -0.2) is 57.1 Å². The number of rotatable bonds is 13. The van der Waals surface area contributed by atoms with E-state index in [1.165, 1.54) is 0 Å². The Hall–Kier alpha value is -4.27. The van der Waals surface area contributed by atoms with Crippen LogP contribution in [0.2, 0.25) is 0 Å². The zero-order valence-corrected chi connectivity index (χ0v) is 32.1. The highest BCUT2D eigenvalue weighted by Crippen LogP contribution is 2.44. The molecule has 4 aromatic carbocycles. The van der Waals surface area contributed by atoms with Crippen molar-refractivity contribution in [3.63, 3.8) is 0 Å². The van der Waals surface area contributed by atoms with Crippen molar-refractivity contribution in [1.29, 1.82) is 0 Å². The first-order valence-corrected chi connectivity index (χ1v) is 20.9. The van der Waals surface area contributed by atoms with Crippen molar-refractivity contribution in [3.05, 3.63) is 96.2 Å². The molecule has 5 aromatic rings. The van der Waals surface area contributed by atoms with Gasteiger partial charge in [0.25, 0.3) is 5.52 Å². The molecule has 54 heavy (non-hydrogen) atoms. The van der Waals surface area contributed by atoms with Crippen molar-refractivity contribution in [1.82, 2.24) is 5.32 Å². The molecule has 0 atom stereocenters. The highest BCUT2D eigenvalue weighted by Gasteiger charge is 2.29. The molecule has 0 bridgehead atoms. The Morgan fingerprint density at radius 3 is 1.96 bits per heavy atom. The second-order valence-corrected chi connectivity index (χ2v) is 14.9. The van der Waals surface area contributed by atoms with Gasteiger partial charge in [-0.2, -0.15) is 4.57 Å². The second kappa shape index (κ2) is 21.0. The van der Waals surface area contributed by atoms with Gasteiger partial charge in [-0.15, -0.1) is 0 Å². The van der Waals surface area contributed by atoms with E-state index in [-0.39, 0.29) is 40.8 Å². The molecular weight excluding hydrogens is 727 g/mol. The smallest absolute Gasteiger partial charge is 0.374 e. The minimum Gasteiger partial charge on any atom is -0.748 e. The van der Waals surface area contributed by atoms with Crippen molar-refractivity contribution >= 4 is 64.6 Å². The Labute approximate surface area is 321 Å². The molecule has 0 radical (unpaired) electrons. The standard InChI is InChI=1S/C33H32N2O8S2.C4H11N.C2H6.2CH4/c1-2-23(21-30-34(17-7-19-44(36,37)38)32-26-11-5-3-9-24(26)13-15-28(32)42-30)22-31-35(18-8-20-45(39,40)41)33-27-12-6-4-10-25(27)14-16-29(33)43-31;1-3-5-4-2;1-2;;/h3-6,9-16,21-22H,2,7-8,17-20H2,1H3,(H-,36,37,38,39,40,41);5H,3-4H2,1-2H3;1-2H3;2*1H4/p-1. The van der Waals surface area contributed by atoms with Gasteiger partial charge in [-0.1, -0.05) is 104 Å². The lowest BCUT2D eigenvalue weighted by atomic mass is 10.1. The van der Waals surface area contributed by atoms with E-state index in [1.54, 1.807) is 0 Å². The summed E-state index contributed by atoms with van der Waals surface area (Å²) in [5, 5.41) is 6.95. The number of fused-ring (bicyclic) bond motifs is 6. The van der Waals surface area contributed by atoms with Gasteiger partial charge in [0.15, 0.2) is 12.3 Å². The first-order valence-electron chi connectivity index (χ1n) is 17.7. The molecule has 0 aliphatic carbocycles. The molecular formula is C41H56N3O8S2-. The highest BCUT2D eigenvalue weighted by molar-refractivity contribution is 7.85. The van der Waals surface area contributed by atoms with Crippen molar-refractivity contribution in [3.8, 4) is 5.75 Å². The number of nitrogens with one attached hydrogen (secondary N) is 1. The highest BCUT2D eigenvalue weighted by atomic mass is 32.2. The Morgan fingerprint density at radius 1 is 0.796 bits per heavy atom. The van der Waals surface area contributed by atoms with E-state index < -0.39 is 31.7 Å². The minimum atomic E-state index is -4.39. The van der Waals surface area contributed by atoms with Gasteiger partial charge < -0.3 is 28.5 Å². The fraction of sp³-hybridized carbons (Fsp3) is 0.390. The van der Waals surface area contributed by atoms with Crippen LogP contribution in [0.5, 0.6) is 5.75 Å². The molecule has 296 valence electrons. The van der Waals surface area contributed by atoms with Crippen molar-refractivity contribution in [2.75, 3.05) is 36.0 Å². The number of ether oxygens (including phenoxy) is 1. The molecule has 0 amide bonds. The van der Waals surface area contributed by atoms with Crippen LogP contribution < -0.4 is 19.5 Å². The topological polar surface area (TPSA) is 156 Å². The average molecular weight is 783 g/mol. The monoisotopic (exact) mass is 782 g/mol. The SMILES string of the molecule is C.C.CC.CCC(=Cc1oc2ccc3ccccc3c2[n+]1CCCS(=O)(=O)[O-])C=C1Oc2ccc3ccccc3c2N1CCCS(=O)(=O)[O-].CCNCC. The molecule has 11 nitrogen and oxygen atoms in total. The zero-order chi connectivity index (χ0) is 37.9. The van der Waals surface area contributed by atoms with Crippen LogP contribution in [0.4, 0.5) is 5.69 Å². The number of aromatic nitrogens is 1. The van der Waals surface area contributed by atoms with E-state index >= 15 is 0 Å². The van der Waals surface area contributed by atoms with Gasteiger partial charge in [0.1, 0.15) is 0 Å². The second-order valence-electron chi connectivity index (χ2n) is 11.9. The molecule has 0 unspecified atom stereocenters. The Balaban J connectivity index is 0.00000104. The molecule has 2 heterocycles. The first kappa shape index (κ1) is 45.9. The van der Waals surface area contributed by atoms with Crippen LogP contribution in [0.1, 0.15) is 74.6 Å². The maximum absolute atomic E-state index is 11.4. The minimum absolute atomic E-state index is 0. The van der Waals surface area contributed by atoms with Crippen LogP contribution in [0.3, 0.4) is 0 Å². The summed E-state index contributed by atoms with van der Waals surface area (Å²) < 4.78 is 82.9. The summed E-state index contributed by atoms with van der Waals surface area (Å²) in [6, 6.07) is 23.3. The normalized spacial score (nSPS) is 13.4. The summed E-state index contributed by atoms with van der Waals surface area (Å²) in [6.07, 6.45) is 4.51. The van der Waals surface area contributed by atoms with Gasteiger partial charge in [0.05, 0.1) is 37.4 Å². The summed E-state index contributed by atoms with van der Waals surface area (Å²) >= 11 is 0. The Kier molecular flexibility index (Phi) is 17.8. The van der Waals surface area contributed by atoms with Crippen LogP contribution in [0, 0.1) is 0 Å². The quantitative estimate of drug-likeness (QED) is 0.0910. The Bertz CT molecular complexity index is 2260. The summed E-state index contributed by atoms with van der Waals surface area (Å²) in [6.45, 7) is 12.8. The first-order chi connectivity index (χ1) is 24.9. The predicted molar refractivity (Wildman–Crippen MR) is 220 cm³/mol. The number of anilines is 1. The zero-order valence-electron chi connectivity index (χ0n) is 30.4. The lowest BCUT2D eigenvalue weighted by Crippen LogP contribution is -2.36. The third-order valence-corrected chi connectivity index (χ3v) is 9.88. The third-order valence-electron chi connectivity index (χ3n) is 8.31. The predicted octanol–water partition coefficient (Wildman–Crippen LogP) is 8.35. The summed E-state index contributed by atoms with van der Waals surface area (Å²) in [4.78, 5) is 1.89. The van der Waals surface area contributed by atoms with Crippen molar-refractivity contribution in [2.45, 2.75) is 75.3 Å². The van der Waals surface area contributed by atoms with E-state index in [2.05, 4.69) is 19.2 Å². The molecule has 0 spiro atoms. The van der Waals surface area contributed by atoms with Gasteiger partial charge >= 0.3 is 5.89 Å². The largest absolute Gasteiger partial charge is 0.748 e. The van der Waals surface area contributed by atoms with E-state index in [0.29, 0.717) is 29.5 Å². The number of oxazole rings is 1. The molecule has 1 aromatic heterocycles. The van der Waals surface area contributed by atoms with Crippen molar-refractivity contribution < 1.29 is 39.7 Å². The van der Waals surface area contributed by atoms with Crippen LogP contribution >= 0.6 is 0 Å². The molecule has 1 aliphatic heterocycles. The van der Waals surface area contributed by atoms with Gasteiger partial charge in [0, 0.05) is 35.9 Å². The summed E-state index contributed by atoms with van der Waals surface area (Å²) in [7, 11) is -8.79. The fourth-order valence-corrected chi connectivity index (χ4v) is 6.98. The third kappa shape index (κ3) is 11.9. The summed E-state index contributed by atoms with van der Waals surface area (Å²) in [5.74, 6) is 0.565. The number of benzene rings is 4. The fourth-order valence-electron chi connectivity index (χ4n) is 6.02. The average Bonchev–Trinajstić information content (AvgIpc) is 3.65. The number of hydrogen-bond acceptors (Lipinski definition) is 10. The van der Waals surface area contributed by atoms with Crippen LogP contribution in [-0.2, 0) is 26.8 Å². The number of hydrogen-bond donors (Lipinski definition) is 1. The van der Waals surface area contributed by atoms with Crippen LogP contribution in [0.25, 0.3) is 38.7 Å². The van der Waals surface area contributed by atoms with E-state index in [1.807, 2.05) is 115 Å². The summed E-state index contributed by atoms with van der Waals surface area (Å²) in [5.41, 5.74) is 3.02. The Morgan fingerprint density at radius 2 is 1.37 bits per heavy atom. The number of aryl methyl sites for hydroxylation is 1. The maximum atomic E-state index is 11.4. The van der Waals surface area contributed by atoms with E-state index in [4.69, 9.17) is 9.15 Å². The molecule has 1 aliphatic rings. The molecule has 6 rings (SSSR count). The van der Waals surface area contributed by atoms with Crippen LogP contribution in [0.15, 0.2) is 94.7 Å². The van der Waals surface area contributed by atoms with E-state index in [9.17, 15) is 25.9 Å². The van der Waals surface area contributed by atoms with Gasteiger partial charge in [-0.05, 0) is 60.5 Å². The number of nitrogens with zero attached hydrogens (tertiary/aromatic N) is 2. The molecule has 0 saturated heterocycles. The van der Waals surface area contributed by atoms with E-state index in [0.717, 1.165) is 51.4 Å². The maximum Gasteiger partial charge on any atom is 0.374 e. The van der Waals surface area contributed by atoms with Gasteiger partial charge in [-0.3, -0.25) is 0 Å². The molecule has 0 saturated carbocycles. The lowest BCUT2D eigenvalue weighted by Gasteiger charge is -2.20. The number of allylic oxidation sites excluding steroid dienone is 2. The lowest BCUT2D eigenvalue weighted by molar-refractivity contribution is -0.677. The molecule has 0 fully saturated rings.